The topological polar surface area (TPSA) is 55.6 Å². The molecular weight excluding hydrogens is 223 g/mol. The molecule has 1 fully saturated rings. The van der Waals surface area contributed by atoms with Crippen molar-refractivity contribution in [2.24, 2.45) is 0 Å². The molecule has 1 amide bonds. The van der Waals surface area contributed by atoms with Gasteiger partial charge in [0.05, 0.1) is 0 Å². The molecule has 92 valence electrons. The quantitative estimate of drug-likeness (QED) is 0.807. The summed E-state index contributed by atoms with van der Waals surface area (Å²) in [5.41, 5.74) is 5.74. The Morgan fingerprint density at radius 2 is 2.29 bits per heavy atom. The second-order valence-electron chi connectivity index (χ2n) is 4.21. The Bertz CT molecular complexity index is 433. The van der Waals surface area contributed by atoms with Crippen LogP contribution < -0.4 is 10.5 Å². The third kappa shape index (κ3) is 2.87. The van der Waals surface area contributed by atoms with E-state index in [1.165, 1.54) is 18.2 Å². The first-order valence-electron chi connectivity index (χ1n) is 5.51. The number of amides is 1. The number of ether oxygens (including phenoxy) is 1. The fourth-order valence-electron chi connectivity index (χ4n) is 1.54. The van der Waals surface area contributed by atoms with E-state index in [-0.39, 0.29) is 18.3 Å². The maximum absolute atomic E-state index is 13.3. The smallest absolute Gasteiger partial charge is 0.260 e. The van der Waals surface area contributed by atoms with Crippen LogP contribution in [-0.4, -0.2) is 30.5 Å². The second kappa shape index (κ2) is 4.61. The van der Waals surface area contributed by atoms with Crippen LogP contribution in [-0.2, 0) is 4.79 Å². The van der Waals surface area contributed by atoms with Gasteiger partial charge < -0.3 is 15.4 Å². The largest absolute Gasteiger partial charge is 0.481 e. The number of nitrogens with zero attached hydrogens (tertiary/aromatic N) is 1. The van der Waals surface area contributed by atoms with Crippen LogP contribution in [0.4, 0.5) is 10.1 Å². The summed E-state index contributed by atoms with van der Waals surface area (Å²) in [6.45, 7) is -0.145. The van der Waals surface area contributed by atoms with Gasteiger partial charge in [0.25, 0.3) is 5.91 Å². The number of likely N-dealkylation sites (N-methyl/N-ethyl adjacent to an activating group) is 1. The Hall–Kier alpha value is -1.78. The maximum atomic E-state index is 13.3. The van der Waals surface area contributed by atoms with Crippen molar-refractivity contribution >= 4 is 11.6 Å². The Morgan fingerprint density at radius 3 is 2.88 bits per heavy atom. The average Bonchev–Trinajstić information content (AvgIpc) is 3.10. The lowest BCUT2D eigenvalue weighted by Gasteiger charge is -2.16. The summed E-state index contributed by atoms with van der Waals surface area (Å²) in [7, 11) is 1.74. The molecule has 1 aliphatic rings. The molecule has 1 saturated carbocycles. The van der Waals surface area contributed by atoms with Crippen LogP contribution >= 0.6 is 0 Å². The number of anilines is 1. The van der Waals surface area contributed by atoms with Gasteiger partial charge in [0.1, 0.15) is 0 Å². The van der Waals surface area contributed by atoms with Gasteiger partial charge in [-0.1, -0.05) is 0 Å². The van der Waals surface area contributed by atoms with E-state index in [0.29, 0.717) is 11.7 Å². The zero-order chi connectivity index (χ0) is 12.4. The van der Waals surface area contributed by atoms with Gasteiger partial charge in [-0.3, -0.25) is 4.79 Å². The van der Waals surface area contributed by atoms with Crippen molar-refractivity contribution in [1.29, 1.82) is 0 Å². The lowest BCUT2D eigenvalue weighted by atomic mass is 10.3. The third-order valence-corrected chi connectivity index (χ3v) is 2.80. The van der Waals surface area contributed by atoms with Crippen molar-refractivity contribution in [1.82, 2.24) is 4.90 Å². The first-order valence-corrected chi connectivity index (χ1v) is 5.51. The van der Waals surface area contributed by atoms with E-state index in [0.717, 1.165) is 12.8 Å². The fourth-order valence-corrected chi connectivity index (χ4v) is 1.54. The zero-order valence-electron chi connectivity index (χ0n) is 9.65. The van der Waals surface area contributed by atoms with Crippen LogP contribution in [0.3, 0.4) is 0 Å². The minimum Gasteiger partial charge on any atom is -0.481 e. The molecule has 5 heteroatoms. The Labute approximate surface area is 99.2 Å². The van der Waals surface area contributed by atoms with Crippen molar-refractivity contribution in [3.05, 3.63) is 24.0 Å². The molecule has 0 unspecified atom stereocenters. The van der Waals surface area contributed by atoms with E-state index in [2.05, 4.69) is 0 Å². The summed E-state index contributed by atoms with van der Waals surface area (Å²) in [5.74, 6) is -0.632. The summed E-state index contributed by atoms with van der Waals surface area (Å²) >= 11 is 0. The standard InChI is InChI=1S/C12H15FN2O2/c1-15(9-3-4-9)12(16)7-17-11-5-2-8(14)6-10(11)13/h2,5-6,9H,3-4,7,14H2,1H3. The van der Waals surface area contributed by atoms with Crippen LogP contribution in [0.5, 0.6) is 5.75 Å². The molecule has 2 rings (SSSR count). The Kier molecular flexibility index (Phi) is 3.17. The zero-order valence-corrected chi connectivity index (χ0v) is 9.65. The van der Waals surface area contributed by atoms with Crippen LogP contribution in [0.15, 0.2) is 18.2 Å². The van der Waals surface area contributed by atoms with Gasteiger partial charge in [-0.2, -0.15) is 0 Å². The predicted octanol–water partition coefficient (Wildman–Crippen LogP) is 1.41. The summed E-state index contributed by atoms with van der Waals surface area (Å²) in [6, 6.07) is 4.47. The highest BCUT2D eigenvalue weighted by atomic mass is 19.1. The first kappa shape index (κ1) is 11.7. The molecular formula is C12H15FN2O2. The molecule has 0 radical (unpaired) electrons. The van der Waals surface area contributed by atoms with E-state index in [4.69, 9.17) is 10.5 Å². The molecule has 1 aliphatic carbocycles. The second-order valence-corrected chi connectivity index (χ2v) is 4.21. The van der Waals surface area contributed by atoms with Crippen molar-refractivity contribution in [2.75, 3.05) is 19.4 Å². The molecule has 2 N–H and O–H groups in total. The highest BCUT2D eigenvalue weighted by molar-refractivity contribution is 5.78. The molecule has 0 saturated heterocycles. The molecule has 0 spiro atoms. The average molecular weight is 238 g/mol. The van der Waals surface area contributed by atoms with E-state index in [1.54, 1.807) is 11.9 Å². The van der Waals surface area contributed by atoms with Gasteiger partial charge in [-0.05, 0) is 25.0 Å². The maximum Gasteiger partial charge on any atom is 0.260 e. The van der Waals surface area contributed by atoms with Crippen molar-refractivity contribution in [2.45, 2.75) is 18.9 Å². The number of halogens is 1. The summed E-state index contributed by atoms with van der Waals surface area (Å²) in [6.07, 6.45) is 2.08. The summed E-state index contributed by atoms with van der Waals surface area (Å²) in [4.78, 5) is 13.3. The van der Waals surface area contributed by atoms with Crippen LogP contribution in [0.2, 0.25) is 0 Å². The lowest BCUT2D eigenvalue weighted by Crippen LogP contribution is -2.33. The molecule has 0 aliphatic heterocycles. The number of benzene rings is 1. The van der Waals surface area contributed by atoms with E-state index < -0.39 is 5.82 Å². The van der Waals surface area contributed by atoms with Crippen molar-refractivity contribution in [3.8, 4) is 5.75 Å². The van der Waals surface area contributed by atoms with Gasteiger partial charge in [-0.25, -0.2) is 4.39 Å². The number of rotatable bonds is 4. The van der Waals surface area contributed by atoms with Crippen LogP contribution in [0, 0.1) is 5.82 Å². The number of hydrogen-bond donors (Lipinski definition) is 1. The third-order valence-electron chi connectivity index (χ3n) is 2.80. The van der Waals surface area contributed by atoms with Gasteiger partial charge in [-0.15, -0.1) is 0 Å². The molecule has 17 heavy (non-hydrogen) atoms. The summed E-state index contributed by atoms with van der Waals surface area (Å²) in [5, 5.41) is 0. The first-order chi connectivity index (χ1) is 8.08. The monoisotopic (exact) mass is 238 g/mol. The number of carbonyl (C=O) groups excluding carboxylic acids is 1. The molecule has 4 nitrogen and oxygen atoms in total. The predicted molar refractivity (Wildman–Crippen MR) is 62.1 cm³/mol. The van der Waals surface area contributed by atoms with E-state index in [9.17, 15) is 9.18 Å². The highest BCUT2D eigenvalue weighted by Crippen LogP contribution is 2.25. The molecule has 1 aromatic carbocycles. The fraction of sp³-hybridized carbons (Fsp3) is 0.417. The van der Waals surface area contributed by atoms with Gasteiger partial charge in [0, 0.05) is 24.8 Å². The number of hydrogen-bond acceptors (Lipinski definition) is 3. The highest BCUT2D eigenvalue weighted by Gasteiger charge is 2.29. The number of nitrogens with two attached hydrogens (primary N) is 1. The van der Waals surface area contributed by atoms with Crippen LogP contribution in [0.25, 0.3) is 0 Å². The lowest BCUT2D eigenvalue weighted by molar-refractivity contribution is -0.132. The van der Waals surface area contributed by atoms with E-state index >= 15 is 0 Å². The number of carbonyl (C=O) groups is 1. The number of nitrogen functional groups attached to an aromatic ring is 1. The van der Waals surface area contributed by atoms with Gasteiger partial charge in [0.2, 0.25) is 0 Å². The molecule has 1 aromatic rings. The molecule has 0 heterocycles. The van der Waals surface area contributed by atoms with Gasteiger partial charge in [0.15, 0.2) is 18.2 Å². The summed E-state index contributed by atoms with van der Waals surface area (Å²) < 4.78 is 18.5. The van der Waals surface area contributed by atoms with Gasteiger partial charge >= 0.3 is 0 Å². The normalized spacial score (nSPS) is 14.5. The molecule has 0 bridgehead atoms. The minimum absolute atomic E-state index is 0.0525. The Morgan fingerprint density at radius 1 is 1.59 bits per heavy atom. The Balaban J connectivity index is 1.90. The SMILES string of the molecule is CN(C(=O)COc1ccc(N)cc1F)C1CC1. The van der Waals surface area contributed by atoms with Crippen molar-refractivity contribution < 1.29 is 13.9 Å². The molecule has 0 atom stereocenters. The minimum atomic E-state index is -0.549. The molecule has 0 aromatic heterocycles. The van der Waals surface area contributed by atoms with Crippen molar-refractivity contribution in [3.63, 3.8) is 0 Å². The van der Waals surface area contributed by atoms with Crippen LogP contribution in [0.1, 0.15) is 12.8 Å². The van der Waals surface area contributed by atoms with E-state index in [1.807, 2.05) is 0 Å².